The quantitative estimate of drug-likeness (QED) is 0.359. The van der Waals surface area contributed by atoms with Crippen molar-refractivity contribution in [3.8, 4) is 11.5 Å². The van der Waals surface area contributed by atoms with Crippen LogP contribution in [0.25, 0.3) is 0 Å². The number of aliphatic hydroxyl groups is 1. The molecular formula is C25H21Cl3N2O7S. The fourth-order valence-corrected chi connectivity index (χ4v) is 5.95. The molecule has 200 valence electrons. The van der Waals surface area contributed by atoms with E-state index in [9.17, 15) is 23.1 Å². The first-order valence-electron chi connectivity index (χ1n) is 11.2. The smallest absolute Gasteiger partial charge is 0.325 e. The van der Waals surface area contributed by atoms with Crippen molar-refractivity contribution in [1.82, 2.24) is 4.31 Å². The number of hydrogen-bond donors (Lipinski definition) is 2. The van der Waals surface area contributed by atoms with Crippen LogP contribution in [0.15, 0.2) is 71.6 Å². The predicted octanol–water partition coefficient (Wildman–Crippen LogP) is 4.74. The van der Waals surface area contributed by atoms with Crippen LogP contribution < -0.4 is 10.1 Å². The van der Waals surface area contributed by atoms with Gasteiger partial charge in [0.15, 0.2) is 12.4 Å². The molecule has 0 spiro atoms. The zero-order chi connectivity index (χ0) is 27.4. The van der Waals surface area contributed by atoms with Crippen LogP contribution in [0.3, 0.4) is 0 Å². The number of benzene rings is 3. The van der Waals surface area contributed by atoms with Gasteiger partial charge < -0.3 is 19.9 Å². The van der Waals surface area contributed by atoms with Crippen LogP contribution in [0, 0.1) is 0 Å². The standard InChI is InChI=1S/C25H21Cl3N2O7S/c26-15-6-9-23(37-17-4-2-1-3-5-17)21(10-15)29-24(32)14-36-25(33)22-11-16(31)13-30(22)38(34,35)18-7-8-19(27)20(28)12-18/h1-10,12,16,22,31H,11,13-14H2,(H,29,32)/t16-,22-/m1/s1. The summed E-state index contributed by atoms with van der Waals surface area (Å²) in [4.78, 5) is 25.2. The highest BCUT2D eigenvalue weighted by Crippen LogP contribution is 2.33. The fourth-order valence-electron chi connectivity index (χ4n) is 3.76. The number of amides is 1. The SMILES string of the molecule is O=C(COC(=O)[C@H]1C[C@@H](O)CN1S(=O)(=O)c1ccc(Cl)c(Cl)c1)Nc1cc(Cl)ccc1Oc1ccccc1. The molecule has 38 heavy (non-hydrogen) atoms. The third kappa shape index (κ3) is 6.58. The summed E-state index contributed by atoms with van der Waals surface area (Å²) in [5, 5.41) is 13.2. The van der Waals surface area contributed by atoms with Crippen molar-refractivity contribution in [3.05, 3.63) is 81.8 Å². The Kier molecular flexibility index (Phi) is 8.81. The molecule has 0 aromatic heterocycles. The maximum Gasteiger partial charge on any atom is 0.325 e. The number of aliphatic hydroxyl groups excluding tert-OH is 1. The van der Waals surface area contributed by atoms with Gasteiger partial charge in [-0.1, -0.05) is 53.0 Å². The molecular weight excluding hydrogens is 579 g/mol. The largest absolute Gasteiger partial charge is 0.455 e. The number of nitrogens with one attached hydrogen (secondary N) is 1. The Bertz CT molecular complexity index is 1450. The molecule has 13 heteroatoms. The summed E-state index contributed by atoms with van der Waals surface area (Å²) < 4.78 is 38.0. The Balaban J connectivity index is 1.43. The first-order valence-corrected chi connectivity index (χ1v) is 13.8. The number of nitrogens with zero attached hydrogens (tertiary/aromatic N) is 1. The summed E-state index contributed by atoms with van der Waals surface area (Å²) in [6.45, 7) is -1.05. The topological polar surface area (TPSA) is 122 Å². The van der Waals surface area contributed by atoms with Crippen molar-refractivity contribution in [3.63, 3.8) is 0 Å². The summed E-state index contributed by atoms with van der Waals surface area (Å²) >= 11 is 17.9. The number of carbonyl (C=O) groups excluding carboxylic acids is 2. The van der Waals surface area contributed by atoms with Crippen LogP contribution in [0.4, 0.5) is 5.69 Å². The predicted molar refractivity (Wildman–Crippen MR) is 142 cm³/mol. The highest BCUT2D eigenvalue weighted by Gasteiger charge is 2.44. The van der Waals surface area contributed by atoms with Crippen LogP contribution in [-0.4, -0.2) is 55.0 Å². The Labute approximate surface area is 233 Å². The van der Waals surface area contributed by atoms with Gasteiger partial charge in [0.25, 0.3) is 5.91 Å². The van der Waals surface area contributed by atoms with Crippen molar-refractivity contribution >= 4 is 62.4 Å². The monoisotopic (exact) mass is 598 g/mol. The van der Waals surface area contributed by atoms with Gasteiger partial charge in [0.2, 0.25) is 10.0 Å². The zero-order valence-electron chi connectivity index (χ0n) is 19.5. The Morgan fingerprint density at radius 1 is 1.00 bits per heavy atom. The van der Waals surface area contributed by atoms with Crippen LogP contribution in [0.2, 0.25) is 15.1 Å². The average Bonchev–Trinajstić information content (AvgIpc) is 3.29. The van der Waals surface area contributed by atoms with E-state index in [1.54, 1.807) is 36.4 Å². The molecule has 4 rings (SSSR count). The molecule has 9 nitrogen and oxygen atoms in total. The second-order valence-corrected chi connectivity index (χ2v) is 11.4. The molecule has 2 N–H and O–H groups in total. The Hall–Kier alpha value is -2.86. The Morgan fingerprint density at radius 2 is 1.74 bits per heavy atom. The summed E-state index contributed by atoms with van der Waals surface area (Å²) in [7, 11) is -4.23. The van der Waals surface area contributed by atoms with E-state index in [0.29, 0.717) is 16.5 Å². The number of ether oxygens (including phenoxy) is 2. The molecule has 1 saturated heterocycles. The van der Waals surface area contributed by atoms with Crippen LogP contribution >= 0.6 is 34.8 Å². The summed E-state index contributed by atoms with van der Waals surface area (Å²) in [6.07, 6.45) is -1.31. The van der Waals surface area contributed by atoms with E-state index in [1.165, 1.54) is 18.2 Å². The van der Waals surface area contributed by atoms with Crippen LogP contribution in [0.1, 0.15) is 6.42 Å². The van der Waals surface area contributed by atoms with Gasteiger partial charge in [0, 0.05) is 18.0 Å². The molecule has 0 radical (unpaired) electrons. The molecule has 0 aliphatic carbocycles. The zero-order valence-corrected chi connectivity index (χ0v) is 22.6. The lowest BCUT2D eigenvalue weighted by Gasteiger charge is -2.22. The third-order valence-corrected chi connectivity index (χ3v) is 8.38. The number of anilines is 1. The first-order chi connectivity index (χ1) is 18.0. The normalized spacial score (nSPS) is 17.7. The van der Waals surface area contributed by atoms with E-state index in [4.69, 9.17) is 44.3 Å². The van der Waals surface area contributed by atoms with Crippen molar-refractivity contribution in [1.29, 1.82) is 0 Å². The molecule has 0 saturated carbocycles. The molecule has 1 heterocycles. The molecule has 0 bridgehead atoms. The van der Waals surface area contributed by atoms with Gasteiger partial charge in [-0.15, -0.1) is 0 Å². The number of esters is 1. The number of halogens is 3. The molecule has 2 atom stereocenters. The number of sulfonamides is 1. The molecule has 3 aromatic rings. The van der Waals surface area contributed by atoms with Gasteiger partial charge in [0.1, 0.15) is 11.8 Å². The lowest BCUT2D eigenvalue weighted by atomic mass is 10.2. The minimum Gasteiger partial charge on any atom is -0.455 e. The number of carbonyl (C=O) groups is 2. The van der Waals surface area contributed by atoms with Gasteiger partial charge >= 0.3 is 5.97 Å². The molecule has 1 amide bonds. The van der Waals surface area contributed by atoms with Gasteiger partial charge in [-0.25, -0.2) is 8.42 Å². The average molecular weight is 600 g/mol. The van der Waals surface area contributed by atoms with E-state index < -0.39 is 40.7 Å². The van der Waals surface area contributed by atoms with E-state index in [1.807, 2.05) is 6.07 Å². The summed E-state index contributed by atoms with van der Waals surface area (Å²) in [5.41, 5.74) is 0.238. The molecule has 1 fully saturated rings. The highest BCUT2D eigenvalue weighted by atomic mass is 35.5. The second-order valence-electron chi connectivity index (χ2n) is 8.27. The molecule has 0 unspecified atom stereocenters. The first kappa shape index (κ1) is 28.2. The lowest BCUT2D eigenvalue weighted by Crippen LogP contribution is -2.42. The third-order valence-electron chi connectivity index (χ3n) is 5.54. The minimum atomic E-state index is -4.23. The molecule has 1 aliphatic rings. The maximum atomic E-state index is 13.2. The number of para-hydroxylation sites is 1. The van der Waals surface area contributed by atoms with E-state index in [0.717, 1.165) is 10.4 Å². The maximum absolute atomic E-state index is 13.2. The Morgan fingerprint density at radius 3 is 2.45 bits per heavy atom. The molecule has 3 aromatic carbocycles. The van der Waals surface area contributed by atoms with Crippen LogP contribution in [-0.2, 0) is 24.3 Å². The van der Waals surface area contributed by atoms with Gasteiger partial charge in [-0.05, 0) is 48.5 Å². The molecule has 1 aliphatic heterocycles. The number of rotatable bonds is 8. The van der Waals surface area contributed by atoms with E-state index in [2.05, 4.69) is 5.32 Å². The van der Waals surface area contributed by atoms with Gasteiger partial charge in [-0.3, -0.25) is 9.59 Å². The van der Waals surface area contributed by atoms with E-state index >= 15 is 0 Å². The summed E-state index contributed by atoms with van der Waals surface area (Å²) in [5.74, 6) is -0.874. The minimum absolute atomic E-state index is 0.0138. The summed E-state index contributed by atoms with van der Waals surface area (Å²) in [6, 6.07) is 15.8. The van der Waals surface area contributed by atoms with E-state index in [-0.39, 0.29) is 33.6 Å². The lowest BCUT2D eigenvalue weighted by molar-refractivity contribution is -0.150. The van der Waals surface area contributed by atoms with Crippen molar-refractivity contribution in [2.45, 2.75) is 23.5 Å². The van der Waals surface area contributed by atoms with Gasteiger partial charge in [0.05, 0.1) is 26.7 Å². The number of β-amino-alcohol motifs (C(OH)–C–C–N with tert-alkyl or cyclic N) is 1. The number of hydrogen-bond acceptors (Lipinski definition) is 7. The second kappa shape index (κ2) is 11.9. The fraction of sp³-hybridized carbons (Fsp3) is 0.200. The van der Waals surface area contributed by atoms with Crippen molar-refractivity contribution < 1.29 is 32.6 Å². The van der Waals surface area contributed by atoms with Crippen molar-refractivity contribution in [2.75, 3.05) is 18.5 Å². The van der Waals surface area contributed by atoms with Crippen molar-refractivity contribution in [2.24, 2.45) is 0 Å². The van der Waals surface area contributed by atoms with Crippen LogP contribution in [0.5, 0.6) is 11.5 Å². The van der Waals surface area contributed by atoms with Gasteiger partial charge in [-0.2, -0.15) is 4.31 Å². The highest BCUT2D eigenvalue weighted by molar-refractivity contribution is 7.89.